The molecule has 0 amide bonds. The molecule has 2 atom stereocenters. The van der Waals surface area contributed by atoms with Gasteiger partial charge in [0.25, 0.3) is 0 Å². The molecule has 0 heterocycles. The first-order valence-corrected chi connectivity index (χ1v) is 24.1. The minimum absolute atomic E-state index is 0.0370. The van der Waals surface area contributed by atoms with Gasteiger partial charge in [-0.2, -0.15) is 0 Å². The van der Waals surface area contributed by atoms with Crippen molar-refractivity contribution in [3.63, 3.8) is 0 Å². The Morgan fingerprint density at radius 1 is 0.508 bits per heavy atom. The molecule has 0 radical (unpaired) electrons. The Kier molecular flexibility index (Phi) is 40.7. The minimum atomic E-state index is -0.886. The summed E-state index contributed by atoms with van der Waals surface area (Å²) in [5.41, 5.74) is 0. The van der Waals surface area contributed by atoms with E-state index in [0.717, 1.165) is 64.2 Å². The Bertz CT molecular complexity index is 1270. The van der Waals surface area contributed by atoms with Crippen LogP contribution < -0.4 is 0 Å². The van der Waals surface area contributed by atoms with Crippen molar-refractivity contribution in [1.82, 2.24) is 0 Å². The van der Waals surface area contributed by atoms with Gasteiger partial charge < -0.3 is 23.8 Å². The molecule has 0 fully saturated rings. The zero-order valence-corrected chi connectivity index (χ0v) is 39.6. The number of hydrogen-bond donors (Lipinski definition) is 1. The summed E-state index contributed by atoms with van der Waals surface area (Å²) in [7, 11) is 5.51. The van der Waals surface area contributed by atoms with Crippen molar-refractivity contribution < 1.29 is 38.2 Å². The summed E-state index contributed by atoms with van der Waals surface area (Å²) in [4.78, 5) is 37.1. The topological polar surface area (TPSA) is 99.1 Å². The summed E-state index contributed by atoms with van der Waals surface area (Å²) in [6.07, 6.45) is 56.3. The molecule has 2 unspecified atom stereocenters. The smallest absolute Gasteiger partial charge is 0.362 e. The van der Waals surface area contributed by atoms with E-state index in [1.165, 1.54) is 77.0 Å². The van der Waals surface area contributed by atoms with E-state index in [1.807, 2.05) is 21.1 Å². The van der Waals surface area contributed by atoms with Gasteiger partial charge in [-0.1, -0.05) is 163 Å². The standard InChI is InChI=1S/C53H89NO7/c1-6-8-10-12-14-16-18-20-22-24-25-26-28-29-31-33-35-37-39-41-43-51(55)60-48-49(47-59-46-45-50(53(57)58)54(3,4)5)61-52(56)44-42-40-38-36-34-32-30-27-23-21-19-17-15-13-11-9-7-2/h8,10,14,16,20-23,25-26,29,31,35,37,49-50H,6-7,9,11-13,15,17-19,24,27-28,30,32-34,36,38-48H2,1-5H3/p+1/b10-8+,16-14+,22-20+,23-21+,26-25+,31-29+,37-35+. The van der Waals surface area contributed by atoms with Crippen molar-refractivity contribution in [2.75, 3.05) is 41.0 Å². The lowest BCUT2D eigenvalue weighted by Crippen LogP contribution is -2.50. The van der Waals surface area contributed by atoms with Crippen molar-refractivity contribution in [1.29, 1.82) is 0 Å². The van der Waals surface area contributed by atoms with Crippen LogP contribution in [-0.4, -0.2) is 80.6 Å². The van der Waals surface area contributed by atoms with Gasteiger partial charge in [-0.15, -0.1) is 0 Å². The molecule has 1 N–H and O–H groups in total. The molecule has 8 nitrogen and oxygen atoms in total. The van der Waals surface area contributed by atoms with E-state index in [0.29, 0.717) is 19.3 Å². The van der Waals surface area contributed by atoms with Crippen molar-refractivity contribution in [2.45, 2.75) is 193 Å². The number of ether oxygens (including phenoxy) is 3. The molecule has 0 spiro atoms. The van der Waals surface area contributed by atoms with E-state index in [4.69, 9.17) is 14.2 Å². The molecule has 0 bridgehead atoms. The largest absolute Gasteiger partial charge is 0.477 e. The van der Waals surface area contributed by atoms with Crippen LogP contribution in [0.1, 0.15) is 181 Å². The predicted octanol–water partition coefficient (Wildman–Crippen LogP) is 13.7. The number of aliphatic carboxylic acids is 1. The van der Waals surface area contributed by atoms with Gasteiger partial charge in [0.05, 0.1) is 34.4 Å². The minimum Gasteiger partial charge on any atom is -0.477 e. The number of esters is 2. The molecule has 0 aromatic heterocycles. The molecular weight excluding hydrogens is 763 g/mol. The fraction of sp³-hybridized carbons (Fsp3) is 0.679. The summed E-state index contributed by atoms with van der Waals surface area (Å²) < 4.78 is 17.3. The maximum atomic E-state index is 12.8. The van der Waals surface area contributed by atoms with E-state index in [9.17, 15) is 19.5 Å². The first-order chi connectivity index (χ1) is 29.6. The number of rotatable bonds is 42. The fourth-order valence-corrected chi connectivity index (χ4v) is 6.57. The summed E-state index contributed by atoms with van der Waals surface area (Å²) in [6, 6.07) is -0.628. The lowest BCUT2D eigenvalue weighted by atomic mass is 10.1. The van der Waals surface area contributed by atoms with E-state index >= 15 is 0 Å². The first-order valence-electron chi connectivity index (χ1n) is 24.1. The van der Waals surface area contributed by atoms with Crippen LogP contribution in [0, 0.1) is 0 Å². The molecule has 0 saturated carbocycles. The Labute approximate surface area is 373 Å². The molecule has 61 heavy (non-hydrogen) atoms. The van der Waals surface area contributed by atoms with E-state index in [2.05, 4.69) is 98.9 Å². The number of carboxylic acid groups (broad SMARTS) is 1. The van der Waals surface area contributed by atoms with Gasteiger partial charge in [-0.05, 0) is 83.5 Å². The number of hydrogen-bond acceptors (Lipinski definition) is 6. The maximum absolute atomic E-state index is 12.8. The van der Waals surface area contributed by atoms with E-state index < -0.39 is 18.1 Å². The van der Waals surface area contributed by atoms with Gasteiger partial charge >= 0.3 is 17.9 Å². The number of allylic oxidation sites excluding steroid dienone is 14. The van der Waals surface area contributed by atoms with Crippen LogP contribution in [0.5, 0.6) is 0 Å². The van der Waals surface area contributed by atoms with Gasteiger partial charge in [0.1, 0.15) is 6.61 Å². The third kappa shape index (κ3) is 41.6. The van der Waals surface area contributed by atoms with Gasteiger partial charge in [0.15, 0.2) is 12.1 Å². The molecule has 0 aromatic rings. The second-order valence-corrected chi connectivity index (χ2v) is 17.0. The number of carbonyl (C=O) groups is 3. The Morgan fingerprint density at radius 2 is 0.934 bits per heavy atom. The predicted molar refractivity (Wildman–Crippen MR) is 256 cm³/mol. The van der Waals surface area contributed by atoms with Crippen LogP contribution in [0.2, 0.25) is 0 Å². The quantitative estimate of drug-likeness (QED) is 0.0283. The Hall–Kier alpha value is -3.49. The number of carbonyl (C=O) groups excluding carboxylic acids is 2. The van der Waals surface area contributed by atoms with Crippen LogP contribution in [0.15, 0.2) is 85.1 Å². The summed E-state index contributed by atoms with van der Waals surface area (Å²) >= 11 is 0. The van der Waals surface area contributed by atoms with Crippen molar-refractivity contribution in [2.24, 2.45) is 0 Å². The number of unbranched alkanes of at least 4 members (excludes halogenated alkanes) is 14. The van der Waals surface area contributed by atoms with Crippen LogP contribution in [0.3, 0.4) is 0 Å². The van der Waals surface area contributed by atoms with E-state index in [1.54, 1.807) is 0 Å². The lowest BCUT2D eigenvalue weighted by molar-refractivity contribution is -0.887. The van der Waals surface area contributed by atoms with Gasteiger partial charge in [0, 0.05) is 19.3 Å². The second-order valence-electron chi connectivity index (χ2n) is 17.0. The maximum Gasteiger partial charge on any atom is 0.362 e. The molecule has 0 saturated heterocycles. The van der Waals surface area contributed by atoms with Gasteiger partial charge in [0.2, 0.25) is 0 Å². The molecule has 8 heteroatoms. The second kappa shape index (κ2) is 43.2. The van der Waals surface area contributed by atoms with E-state index in [-0.39, 0.29) is 42.7 Å². The number of carboxylic acids is 1. The number of nitrogens with zero attached hydrogens (tertiary/aromatic N) is 1. The molecule has 0 aliphatic rings. The first kappa shape index (κ1) is 57.5. The Morgan fingerprint density at radius 3 is 1.43 bits per heavy atom. The summed E-state index contributed by atoms with van der Waals surface area (Å²) in [6.45, 7) is 4.55. The van der Waals surface area contributed by atoms with Crippen molar-refractivity contribution in [3.05, 3.63) is 85.1 Å². The fourth-order valence-electron chi connectivity index (χ4n) is 6.57. The zero-order valence-electron chi connectivity index (χ0n) is 39.6. The van der Waals surface area contributed by atoms with Crippen LogP contribution in [-0.2, 0) is 28.6 Å². The highest BCUT2D eigenvalue weighted by molar-refractivity contribution is 5.72. The van der Waals surface area contributed by atoms with Gasteiger partial charge in [-0.25, -0.2) is 4.79 Å². The van der Waals surface area contributed by atoms with Gasteiger partial charge in [-0.3, -0.25) is 9.59 Å². The molecule has 0 aliphatic carbocycles. The zero-order chi connectivity index (χ0) is 44.9. The van der Waals surface area contributed by atoms with Crippen molar-refractivity contribution >= 4 is 17.9 Å². The highest BCUT2D eigenvalue weighted by Crippen LogP contribution is 2.13. The SMILES string of the molecule is CC/C=C/C/C=C/C/C=C/C/C=C/C/C=C/C/C=C/CCCC(=O)OCC(COCCC(C(=O)O)[N+](C)(C)C)OC(=O)CCCCCCCCC/C=C/CCCCCCCC. The average Bonchev–Trinajstić information content (AvgIpc) is 3.22. The summed E-state index contributed by atoms with van der Waals surface area (Å²) in [5.74, 6) is -1.56. The number of likely N-dealkylation sites (N-methyl/N-ethyl adjacent to an activating group) is 1. The highest BCUT2D eigenvalue weighted by Gasteiger charge is 2.31. The monoisotopic (exact) mass is 853 g/mol. The van der Waals surface area contributed by atoms with Crippen LogP contribution in [0.4, 0.5) is 0 Å². The lowest BCUT2D eigenvalue weighted by Gasteiger charge is -2.31. The number of quaternary nitrogens is 1. The van der Waals surface area contributed by atoms with Crippen LogP contribution in [0.25, 0.3) is 0 Å². The Balaban J connectivity index is 4.41. The molecular formula is C53H90NO7+. The average molecular weight is 853 g/mol. The third-order valence-corrected chi connectivity index (χ3v) is 10.3. The summed E-state index contributed by atoms with van der Waals surface area (Å²) in [5, 5.41) is 9.64. The molecule has 0 aromatic carbocycles. The van der Waals surface area contributed by atoms with Crippen molar-refractivity contribution in [3.8, 4) is 0 Å². The molecule has 0 rings (SSSR count). The molecule has 0 aliphatic heterocycles. The normalized spacial score (nSPS) is 13.7. The van der Waals surface area contributed by atoms with Crippen LogP contribution >= 0.6 is 0 Å². The third-order valence-electron chi connectivity index (χ3n) is 10.3. The molecule has 348 valence electrons. The highest BCUT2D eigenvalue weighted by atomic mass is 16.6.